The van der Waals surface area contributed by atoms with Crippen molar-refractivity contribution in [2.75, 3.05) is 19.0 Å². The number of furan rings is 1. The van der Waals surface area contributed by atoms with Crippen LogP contribution in [0.5, 0.6) is 5.75 Å². The van der Waals surface area contributed by atoms with Crippen LogP contribution in [0.4, 0.5) is 9.93 Å². The van der Waals surface area contributed by atoms with Gasteiger partial charge in [-0.3, -0.25) is 5.32 Å². The van der Waals surface area contributed by atoms with Gasteiger partial charge in [0, 0.05) is 24.1 Å². The predicted octanol–water partition coefficient (Wildman–Crippen LogP) is 3.79. The molecule has 0 spiro atoms. The molecule has 1 aromatic carbocycles. The number of hydrogen-bond acceptors (Lipinski definition) is 6. The lowest BCUT2D eigenvalue weighted by molar-refractivity contribution is 0.210. The van der Waals surface area contributed by atoms with Crippen molar-refractivity contribution in [2.45, 2.75) is 19.4 Å². The van der Waals surface area contributed by atoms with Gasteiger partial charge in [0.1, 0.15) is 16.5 Å². The third-order valence-electron chi connectivity index (χ3n) is 4.29. The molecule has 26 heavy (non-hydrogen) atoms. The summed E-state index contributed by atoms with van der Waals surface area (Å²) >= 11 is 1.34. The number of fused-ring (bicyclic) bond motifs is 1. The maximum absolute atomic E-state index is 12.6. The zero-order valence-corrected chi connectivity index (χ0v) is 15.1. The quantitative estimate of drug-likeness (QED) is 0.759. The van der Waals surface area contributed by atoms with E-state index in [4.69, 9.17) is 9.15 Å². The highest BCUT2D eigenvalue weighted by Gasteiger charge is 2.21. The topological polar surface area (TPSA) is 80.5 Å². The van der Waals surface area contributed by atoms with Gasteiger partial charge in [-0.15, -0.1) is 10.2 Å². The summed E-state index contributed by atoms with van der Waals surface area (Å²) in [5, 5.41) is 12.3. The van der Waals surface area contributed by atoms with E-state index < -0.39 is 0 Å². The number of aryl methyl sites for hydroxylation is 1. The molecule has 8 heteroatoms. The summed E-state index contributed by atoms with van der Waals surface area (Å²) in [7, 11) is 1.63. The lowest BCUT2D eigenvalue weighted by Crippen LogP contribution is -2.34. The van der Waals surface area contributed by atoms with Gasteiger partial charge in [-0.05, 0) is 36.8 Å². The van der Waals surface area contributed by atoms with Crippen molar-refractivity contribution in [1.82, 2.24) is 15.1 Å². The van der Waals surface area contributed by atoms with Crippen molar-refractivity contribution in [3.63, 3.8) is 0 Å². The van der Waals surface area contributed by atoms with Gasteiger partial charge in [0.15, 0.2) is 0 Å². The Balaban J connectivity index is 1.44. The van der Waals surface area contributed by atoms with E-state index in [0.717, 1.165) is 40.5 Å². The molecule has 1 N–H and O–H groups in total. The Bertz CT molecular complexity index is 903. The fourth-order valence-electron chi connectivity index (χ4n) is 2.91. The zero-order valence-electron chi connectivity index (χ0n) is 14.3. The molecular formula is C18H18N4O3S. The fourth-order valence-corrected chi connectivity index (χ4v) is 3.65. The number of amides is 2. The van der Waals surface area contributed by atoms with Crippen molar-refractivity contribution in [3.05, 3.63) is 47.9 Å². The summed E-state index contributed by atoms with van der Waals surface area (Å²) in [5.74, 6) is 1.75. The second-order valence-electron chi connectivity index (χ2n) is 5.97. The lowest BCUT2D eigenvalue weighted by Gasteiger charge is -2.19. The minimum Gasteiger partial charge on any atom is -0.497 e. The summed E-state index contributed by atoms with van der Waals surface area (Å²) < 4.78 is 10.6. The third kappa shape index (κ3) is 3.41. The Labute approximate surface area is 154 Å². The Hall–Kier alpha value is -2.87. The maximum Gasteiger partial charge on any atom is 0.323 e. The normalized spacial score (nSPS) is 13.8. The number of nitrogens with zero attached hydrogens (tertiary/aromatic N) is 3. The first kappa shape index (κ1) is 16.6. The van der Waals surface area contributed by atoms with Gasteiger partial charge in [-0.2, -0.15) is 0 Å². The summed E-state index contributed by atoms with van der Waals surface area (Å²) in [6.45, 7) is 1.22. The Kier molecular flexibility index (Phi) is 4.57. The van der Waals surface area contributed by atoms with Crippen molar-refractivity contribution >= 4 is 22.5 Å². The minimum atomic E-state index is -0.170. The highest BCUT2D eigenvalue weighted by molar-refractivity contribution is 7.18. The molecule has 1 aliphatic rings. The number of carbonyl (C=O) groups is 1. The Morgan fingerprint density at radius 3 is 2.92 bits per heavy atom. The van der Waals surface area contributed by atoms with E-state index >= 15 is 0 Å². The molecule has 0 atom stereocenters. The molecule has 0 unspecified atom stereocenters. The van der Waals surface area contributed by atoms with Crippen LogP contribution in [0.1, 0.15) is 17.7 Å². The average molecular weight is 370 g/mol. The summed E-state index contributed by atoms with van der Waals surface area (Å²) in [6, 6.07) is 9.33. The molecule has 0 bridgehead atoms. The molecular weight excluding hydrogens is 352 g/mol. The van der Waals surface area contributed by atoms with Gasteiger partial charge in [0.05, 0.1) is 19.9 Å². The number of nitrogens with one attached hydrogen (secondary N) is 1. The van der Waals surface area contributed by atoms with Crippen LogP contribution in [0, 0.1) is 0 Å². The average Bonchev–Trinajstić information content (AvgIpc) is 3.26. The molecule has 3 aromatic rings. The first-order valence-corrected chi connectivity index (χ1v) is 9.13. The predicted molar refractivity (Wildman–Crippen MR) is 98.4 cm³/mol. The second-order valence-corrected chi connectivity index (χ2v) is 6.94. The van der Waals surface area contributed by atoms with Gasteiger partial charge in [0.25, 0.3) is 0 Å². The van der Waals surface area contributed by atoms with Crippen LogP contribution in [0.2, 0.25) is 0 Å². The van der Waals surface area contributed by atoms with E-state index in [1.807, 2.05) is 30.3 Å². The monoisotopic (exact) mass is 370 g/mol. The van der Waals surface area contributed by atoms with Crippen molar-refractivity contribution < 1.29 is 13.9 Å². The fraction of sp³-hybridized carbons (Fsp3) is 0.278. The number of ether oxygens (including phenoxy) is 1. The number of carbonyl (C=O) groups excluding carboxylic acids is 1. The van der Waals surface area contributed by atoms with Crippen LogP contribution in [-0.2, 0) is 13.0 Å². The number of urea groups is 1. The molecule has 0 saturated carbocycles. The first-order chi connectivity index (χ1) is 12.7. The smallest absolute Gasteiger partial charge is 0.323 e. The van der Waals surface area contributed by atoms with Crippen LogP contribution in [0.3, 0.4) is 0 Å². The minimum absolute atomic E-state index is 0.170. The molecule has 7 nitrogen and oxygen atoms in total. The standard InChI is InChI=1S/C18H18N4O3S/c1-24-14-6-4-12(5-7-14)16-20-21-17(26-16)19-18(23)22-9-2-3-15-13(11-22)8-10-25-15/h4-8,10H,2-3,9,11H2,1H3,(H,19,21,23). The van der Waals surface area contributed by atoms with E-state index in [9.17, 15) is 4.79 Å². The van der Waals surface area contributed by atoms with Crippen molar-refractivity contribution in [3.8, 4) is 16.3 Å². The number of aromatic nitrogens is 2. The SMILES string of the molecule is COc1ccc(-c2nnc(NC(=O)N3CCCc4occc4C3)s2)cc1. The van der Waals surface area contributed by atoms with Crippen LogP contribution < -0.4 is 10.1 Å². The highest BCUT2D eigenvalue weighted by Crippen LogP contribution is 2.28. The zero-order chi connectivity index (χ0) is 17.9. The van der Waals surface area contributed by atoms with Gasteiger partial charge < -0.3 is 14.1 Å². The largest absolute Gasteiger partial charge is 0.497 e. The Morgan fingerprint density at radius 1 is 1.27 bits per heavy atom. The van der Waals surface area contributed by atoms with Crippen LogP contribution in [0.15, 0.2) is 41.0 Å². The van der Waals surface area contributed by atoms with Gasteiger partial charge >= 0.3 is 6.03 Å². The van der Waals surface area contributed by atoms with Crippen LogP contribution in [-0.4, -0.2) is 34.8 Å². The van der Waals surface area contributed by atoms with Crippen molar-refractivity contribution in [1.29, 1.82) is 0 Å². The Morgan fingerprint density at radius 2 is 2.12 bits per heavy atom. The first-order valence-electron chi connectivity index (χ1n) is 8.32. The van der Waals surface area contributed by atoms with Crippen LogP contribution in [0.25, 0.3) is 10.6 Å². The molecule has 0 aliphatic carbocycles. The van der Waals surface area contributed by atoms with E-state index in [-0.39, 0.29) is 6.03 Å². The molecule has 0 saturated heterocycles. The summed E-state index contributed by atoms with van der Waals surface area (Å²) in [6.07, 6.45) is 3.41. The van der Waals surface area contributed by atoms with E-state index in [2.05, 4.69) is 15.5 Å². The third-order valence-corrected chi connectivity index (χ3v) is 5.18. The number of rotatable bonds is 3. The maximum atomic E-state index is 12.6. The number of hydrogen-bond donors (Lipinski definition) is 1. The molecule has 0 radical (unpaired) electrons. The van der Waals surface area contributed by atoms with Gasteiger partial charge in [0.2, 0.25) is 5.13 Å². The number of benzene rings is 1. The second kappa shape index (κ2) is 7.17. The van der Waals surface area contributed by atoms with E-state index in [1.54, 1.807) is 18.3 Å². The van der Waals surface area contributed by atoms with Gasteiger partial charge in [-0.25, -0.2) is 4.79 Å². The van der Waals surface area contributed by atoms with E-state index in [0.29, 0.717) is 18.2 Å². The summed E-state index contributed by atoms with van der Waals surface area (Å²) in [4.78, 5) is 14.4. The number of anilines is 1. The summed E-state index contributed by atoms with van der Waals surface area (Å²) in [5.41, 5.74) is 2.00. The van der Waals surface area contributed by atoms with Gasteiger partial charge in [-0.1, -0.05) is 11.3 Å². The molecule has 4 rings (SSSR count). The van der Waals surface area contributed by atoms with Crippen LogP contribution >= 0.6 is 11.3 Å². The molecule has 2 aromatic heterocycles. The van der Waals surface area contributed by atoms with E-state index in [1.165, 1.54) is 11.3 Å². The highest BCUT2D eigenvalue weighted by atomic mass is 32.1. The number of methoxy groups -OCH3 is 1. The molecule has 2 amide bonds. The lowest BCUT2D eigenvalue weighted by atomic mass is 10.2. The molecule has 0 fully saturated rings. The molecule has 1 aliphatic heterocycles. The molecule has 134 valence electrons. The molecule has 3 heterocycles. The van der Waals surface area contributed by atoms with Crippen molar-refractivity contribution in [2.24, 2.45) is 0 Å².